The maximum Gasteiger partial charge on any atom is 0.282 e. The summed E-state index contributed by atoms with van der Waals surface area (Å²) >= 11 is 1.62. The number of hydrogen-bond donors (Lipinski definition) is 2. The predicted octanol–water partition coefficient (Wildman–Crippen LogP) is 2.18. The van der Waals surface area contributed by atoms with Crippen molar-refractivity contribution in [1.82, 2.24) is 0 Å². The van der Waals surface area contributed by atoms with Gasteiger partial charge in [0.25, 0.3) is 5.91 Å². The van der Waals surface area contributed by atoms with Crippen molar-refractivity contribution in [3.63, 3.8) is 0 Å². The Bertz CT molecular complexity index is 766. The maximum absolute atomic E-state index is 12.6. The van der Waals surface area contributed by atoms with Gasteiger partial charge in [0.1, 0.15) is 6.54 Å². The lowest BCUT2D eigenvalue weighted by Gasteiger charge is -2.21. The number of para-hydroxylation sites is 1. The van der Waals surface area contributed by atoms with Crippen LogP contribution in [0.1, 0.15) is 12.5 Å². The molecule has 3 rings (SSSR count). The number of rotatable bonds is 6. The van der Waals surface area contributed by atoms with Crippen molar-refractivity contribution in [3.8, 4) is 11.5 Å². The number of fused-ring (bicyclic) bond motifs is 1. The number of benzene rings is 2. The third-order valence-corrected chi connectivity index (χ3v) is 5.21. The predicted molar refractivity (Wildman–Crippen MR) is 99.5 cm³/mol. The van der Waals surface area contributed by atoms with E-state index in [1.807, 2.05) is 62.7 Å². The normalized spacial score (nSPS) is 14.8. The van der Waals surface area contributed by atoms with E-state index in [2.05, 4.69) is 5.32 Å². The molecular formula is C19H23N2O3S+. The number of nitrogens with one attached hydrogen (secondary N) is 2. The molecule has 1 aliphatic heterocycles. The van der Waals surface area contributed by atoms with Crippen LogP contribution in [0.3, 0.4) is 0 Å². The molecule has 1 amide bonds. The van der Waals surface area contributed by atoms with Gasteiger partial charge in [-0.2, -0.15) is 0 Å². The molecule has 2 aromatic rings. The van der Waals surface area contributed by atoms with Gasteiger partial charge in [-0.25, -0.2) is 0 Å². The standard InChI is InChI=1S/C19H22N2O3S/c1-13(19(22)20-15-6-4-5-7-18(15)25-3)21(2)11-14-8-9-16-17(10-14)24-12-23-16/h4-10,13H,11-12H2,1-3H3,(H,20,22)/p+1/t13-/m1/s1. The monoisotopic (exact) mass is 359 g/mol. The first-order valence-corrected chi connectivity index (χ1v) is 9.45. The summed E-state index contributed by atoms with van der Waals surface area (Å²) in [5, 5.41) is 3.04. The fourth-order valence-corrected chi connectivity index (χ4v) is 3.29. The van der Waals surface area contributed by atoms with Crippen LogP contribution in [0.4, 0.5) is 5.69 Å². The van der Waals surface area contributed by atoms with E-state index in [-0.39, 0.29) is 18.7 Å². The fraction of sp³-hybridized carbons (Fsp3) is 0.316. The smallest absolute Gasteiger partial charge is 0.282 e. The molecule has 0 saturated heterocycles. The second-order valence-corrected chi connectivity index (χ2v) is 6.97. The molecule has 5 nitrogen and oxygen atoms in total. The van der Waals surface area contributed by atoms with Crippen LogP contribution < -0.4 is 19.7 Å². The molecule has 1 heterocycles. The average Bonchev–Trinajstić information content (AvgIpc) is 3.09. The molecule has 2 N–H and O–H groups in total. The number of ether oxygens (including phenoxy) is 2. The molecule has 6 heteroatoms. The minimum atomic E-state index is -0.180. The molecule has 0 bridgehead atoms. The van der Waals surface area contributed by atoms with Gasteiger partial charge in [-0.3, -0.25) is 4.79 Å². The molecule has 0 radical (unpaired) electrons. The van der Waals surface area contributed by atoms with E-state index in [0.29, 0.717) is 0 Å². The number of hydrogen-bond acceptors (Lipinski definition) is 4. The minimum Gasteiger partial charge on any atom is -0.454 e. The van der Waals surface area contributed by atoms with Crippen LogP contribution in [0.15, 0.2) is 47.4 Å². The van der Waals surface area contributed by atoms with E-state index in [1.165, 1.54) is 0 Å². The molecule has 2 aromatic carbocycles. The van der Waals surface area contributed by atoms with Gasteiger partial charge in [0, 0.05) is 10.5 Å². The summed E-state index contributed by atoms with van der Waals surface area (Å²) in [6.45, 7) is 2.95. The highest BCUT2D eigenvalue weighted by molar-refractivity contribution is 7.98. The van der Waals surface area contributed by atoms with E-state index in [1.54, 1.807) is 11.8 Å². The van der Waals surface area contributed by atoms with Crippen LogP contribution in [0.25, 0.3) is 0 Å². The number of likely N-dealkylation sites (N-methyl/N-ethyl adjacent to an activating group) is 1. The molecule has 2 atom stereocenters. The number of carbonyl (C=O) groups excluding carboxylic acids is 1. The highest BCUT2D eigenvalue weighted by Crippen LogP contribution is 2.32. The van der Waals surface area contributed by atoms with Gasteiger partial charge >= 0.3 is 0 Å². The highest BCUT2D eigenvalue weighted by Gasteiger charge is 2.23. The molecule has 0 aromatic heterocycles. The Morgan fingerprint density at radius 3 is 2.80 bits per heavy atom. The second kappa shape index (κ2) is 7.80. The lowest BCUT2D eigenvalue weighted by atomic mass is 10.1. The summed E-state index contributed by atoms with van der Waals surface area (Å²) in [7, 11) is 2.02. The Labute approximate surface area is 152 Å². The van der Waals surface area contributed by atoms with E-state index >= 15 is 0 Å². The third-order valence-electron chi connectivity index (χ3n) is 4.42. The van der Waals surface area contributed by atoms with Gasteiger partial charge in [0.05, 0.1) is 12.7 Å². The number of anilines is 1. The molecule has 25 heavy (non-hydrogen) atoms. The zero-order valence-electron chi connectivity index (χ0n) is 14.7. The number of thioether (sulfide) groups is 1. The summed E-state index contributed by atoms with van der Waals surface area (Å²) in [6, 6.07) is 13.6. The molecule has 132 valence electrons. The van der Waals surface area contributed by atoms with Gasteiger partial charge in [0.15, 0.2) is 17.5 Å². The summed E-state index contributed by atoms with van der Waals surface area (Å²) < 4.78 is 10.8. The van der Waals surface area contributed by atoms with Crippen molar-refractivity contribution in [3.05, 3.63) is 48.0 Å². The van der Waals surface area contributed by atoms with Crippen LogP contribution in [-0.4, -0.2) is 32.0 Å². The zero-order chi connectivity index (χ0) is 17.8. The van der Waals surface area contributed by atoms with Crippen LogP contribution in [0.5, 0.6) is 11.5 Å². The fourth-order valence-electron chi connectivity index (χ4n) is 2.74. The first-order valence-electron chi connectivity index (χ1n) is 8.23. The molecule has 0 aliphatic carbocycles. The van der Waals surface area contributed by atoms with Crippen LogP contribution in [0.2, 0.25) is 0 Å². The first kappa shape index (κ1) is 17.6. The largest absolute Gasteiger partial charge is 0.454 e. The van der Waals surface area contributed by atoms with Crippen molar-refractivity contribution in [1.29, 1.82) is 0 Å². The lowest BCUT2D eigenvalue weighted by molar-refractivity contribution is -0.907. The van der Waals surface area contributed by atoms with Crippen molar-refractivity contribution < 1.29 is 19.2 Å². The minimum absolute atomic E-state index is 0.0137. The van der Waals surface area contributed by atoms with Crippen LogP contribution >= 0.6 is 11.8 Å². The Morgan fingerprint density at radius 2 is 2.00 bits per heavy atom. The summed E-state index contributed by atoms with van der Waals surface area (Å²) in [5.74, 6) is 1.57. The summed E-state index contributed by atoms with van der Waals surface area (Å²) in [5.41, 5.74) is 1.98. The molecule has 1 aliphatic rings. The molecule has 1 unspecified atom stereocenters. The van der Waals surface area contributed by atoms with Gasteiger partial charge in [-0.1, -0.05) is 12.1 Å². The zero-order valence-corrected chi connectivity index (χ0v) is 15.5. The molecule has 0 spiro atoms. The van der Waals surface area contributed by atoms with E-state index in [9.17, 15) is 4.79 Å². The molecular weight excluding hydrogens is 336 g/mol. The Balaban J connectivity index is 1.63. The van der Waals surface area contributed by atoms with E-state index in [0.717, 1.165) is 39.1 Å². The third kappa shape index (κ3) is 4.08. The van der Waals surface area contributed by atoms with Crippen molar-refractivity contribution >= 4 is 23.4 Å². The first-order chi connectivity index (χ1) is 12.1. The van der Waals surface area contributed by atoms with E-state index < -0.39 is 0 Å². The highest BCUT2D eigenvalue weighted by atomic mass is 32.2. The second-order valence-electron chi connectivity index (χ2n) is 6.12. The summed E-state index contributed by atoms with van der Waals surface area (Å²) in [6.07, 6.45) is 2.01. The molecule has 0 saturated carbocycles. The number of carbonyl (C=O) groups is 1. The van der Waals surface area contributed by atoms with E-state index in [4.69, 9.17) is 9.47 Å². The Hall–Kier alpha value is -2.18. The van der Waals surface area contributed by atoms with Gasteiger partial charge in [-0.15, -0.1) is 11.8 Å². The number of quaternary nitrogens is 1. The SMILES string of the molecule is CSc1ccccc1NC(=O)[C@@H](C)[NH+](C)Cc1ccc2c(c1)OCO2. The van der Waals surface area contributed by atoms with Crippen LogP contribution in [-0.2, 0) is 11.3 Å². The lowest BCUT2D eigenvalue weighted by Crippen LogP contribution is -3.12. The maximum atomic E-state index is 12.6. The topological polar surface area (TPSA) is 52.0 Å². The quantitative estimate of drug-likeness (QED) is 0.777. The number of amides is 1. The summed E-state index contributed by atoms with van der Waals surface area (Å²) in [4.78, 5) is 14.8. The van der Waals surface area contributed by atoms with Gasteiger partial charge in [-0.05, 0) is 43.5 Å². The van der Waals surface area contributed by atoms with Crippen LogP contribution in [0, 0.1) is 0 Å². The van der Waals surface area contributed by atoms with Gasteiger partial charge in [0.2, 0.25) is 6.79 Å². The Morgan fingerprint density at radius 1 is 1.24 bits per heavy atom. The van der Waals surface area contributed by atoms with Crippen molar-refractivity contribution in [2.24, 2.45) is 0 Å². The average molecular weight is 359 g/mol. The van der Waals surface area contributed by atoms with Crippen molar-refractivity contribution in [2.45, 2.75) is 24.4 Å². The van der Waals surface area contributed by atoms with Gasteiger partial charge < -0.3 is 19.7 Å². The van der Waals surface area contributed by atoms with Crippen molar-refractivity contribution in [2.75, 3.05) is 25.4 Å². The molecule has 0 fully saturated rings. The Kier molecular flexibility index (Phi) is 5.50.